The Labute approximate surface area is 170 Å². The predicted octanol–water partition coefficient (Wildman–Crippen LogP) is 3.30. The monoisotopic (exact) mass is 398 g/mol. The van der Waals surface area contributed by atoms with Gasteiger partial charge in [0.25, 0.3) is 0 Å². The number of amides is 1. The van der Waals surface area contributed by atoms with Crippen molar-refractivity contribution in [3.8, 4) is 11.5 Å². The van der Waals surface area contributed by atoms with Crippen LogP contribution in [-0.2, 0) is 17.1 Å². The molecule has 1 fully saturated rings. The smallest absolute Gasteiger partial charge is 0.232 e. The van der Waals surface area contributed by atoms with E-state index in [1.165, 1.54) is 16.7 Å². The number of nitrogens with zero attached hydrogens (tertiary/aromatic N) is 2. The summed E-state index contributed by atoms with van der Waals surface area (Å²) < 4.78 is 10.8. The van der Waals surface area contributed by atoms with Crippen LogP contribution >= 0.6 is 11.8 Å². The number of piperazine rings is 1. The van der Waals surface area contributed by atoms with Gasteiger partial charge in [-0.25, -0.2) is 0 Å². The molecule has 4 rings (SSSR count). The first-order valence-corrected chi connectivity index (χ1v) is 10.8. The molecule has 148 valence electrons. The Balaban J connectivity index is 1.20. The molecule has 2 aliphatic rings. The third-order valence-corrected chi connectivity index (χ3v) is 6.13. The molecule has 0 aromatic heterocycles. The van der Waals surface area contributed by atoms with Crippen molar-refractivity contribution < 1.29 is 14.3 Å². The van der Waals surface area contributed by atoms with Crippen LogP contribution in [0.5, 0.6) is 11.5 Å². The van der Waals surface area contributed by atoms with E-state index in [1.54, 1.807) is 11.8 Å². The molecule has 2 aromatic carbocycles. The van der Waals surface area contributed by atoms with Crippen molar-refractivity contribution in [2.75, 3.05) is 38.7 Å². The second-order valence-corrected chi connectivity index (χ2v) is 8.31. The molecule has 1 amide bonds. The lowest BCUT2D eigenvalue weighted by Gasteiger charge is -2.34. The fourth-order valence-electron chi connectivity index (χ4n) is 3.60. The van der Waals surface area contributed by atoms with E-state index < -0.39 is 0 Å². The van der Waals surface area contributed by atoms with Gasteiger partial charge in [0.1, 0.15) is 0 Å². The van der Waals surface area contributed by atoms with Crippen molar-refractivity contribution >= 4 is 17.7 Å². The van der Waals surface area contributed by atoms with Crippen LogP contribution in [0.3, 0.4) is 0 Å². The molecule has 0 N–H and O–H groups in total. The average Bonchev–Trinajstić information content (AvgIpc) is 3.16. The second kappa shape index (κ2) is 8.88. The van der Waals surface area contributed by atoms with E-state index in [1.807, 2.05) is 11.0 Å². The second-order valence-electron chi connectivity index (χ2n) is 7.33. The van der Waals surface area contributed by atoms with Gasteiger partial charge in [-0.1, -0.05) is 35.9 Å². The van der Waals surface area contributed by atoms with E-state index in [0.717, 1.165) is 50.0 Å². The molecule has 5 nitrogen and oxygen atoms in total. The summed E-state index contributed by atoms with van der Waals surface area (Å²) in [5.74, 6) is 3.34. The van der Waals surface area contributed by atoms with E-state index in [0.29, 0.717) is 12.5 Å². The Kier molecular flexibility index (Phi) is 6.07. The van der Waals surface area contributed by atoms with E-state index in [-0.39, 0.29) is 5.91 Å². The largest absolute Gasteiger partial charge is 0.454 e. The van der Waals surface area contributed by atoms with E-state index in [2.05, 4.69) is 48.2 Å². The quantitative estimate of drug-likeness (QED) is 0.747. The van der Waals surface area contributed by atoms with Gasteiger partial charge in [-0.05, 0) is 30.2 Å². The molecule has 0 saturated carbocycles. The van der Waals surface area contributed by atoms with Gasteiger partial charge in [-0.15, -0.1) is 11.8 Å². The minimum Gasteiger partial charge on any atom is -0.454 e. The summed E-state index contributed by atoms with van der Waals surface area (Å²) in [6.45, 7) is 6.69. The first-order chi connectivity index (χ1) is 13.7. The van der Waals surface area contributed by atoms with Crippen LogP contribution in [0, 0.1) is 6.92 Å². The summed E-state index contributed by atoms with van der Waals surface area (Å²) in [6.07, 6.45) is 0. The third-order valence-electron chi connectivity index (χ3n) is 5.14. The van der Waals surface area contributed by atoms with Gasteiger partial charge in [0, 0.05) is 38.5 Å². The molecule has 2 aromatic rings. The van der Waals surface area contributed by atoms with Gasteiger partial charge in [0.15, 0.2) is 11.5 Å². The fourth-order valence-corrected chi connectivity index (χ4v) is 4.48. The van der Waals surface area contributed by atoms with E-state index >= 15 is 0 Å². The molecule has 6 heteroatoms. The molecule has 2 aliphatic heterocycles. The Bertz CT molecular complexity index is 834. The van der Waals surface area contributed by atoms with Crippen LogP contribution in [0.1, 0.15) is 16.7 Å². The van der Waals surface area contributed by atoms with E-state index in [4.69, 9.17) is 9.47 Å². The molecule has 1 saturated heterocycles. The number of carbonyl (C=O) groups excluding carboxylic acids is 1. The standard InChI is InChI=1S/C22H26N2O3S/c1-17-3-2-4-19(11-17)14-28-15-22(25)24-9-7-23(8-10-24)13-18-5-6-20-21(12-18)27-16-26-20/h2-6,11-12H,7-10,13-16H2,1H3. The van der Waals surface area contributed by atoms with Crippen LogP contribution in [-0.4, -0.2) is 54.4 Å². The lowest BCUT2D eigenvalue weighted by atomic mass is 10.1. The van der Waals surface area contributed by atoms with Crippen molar-refractivity contribution in [3.63, 3.8) is 0 Å². The van der Waals surface area contributed by atoms with Gasteiger partial charge in [0.2, 0.25) is 12.7 Å². The van der Waals surface area contributed by atoms with Gasteiger partial charge in [-0.3, -0.25) is 9.69 Å². The summed E-state index contributed by atoms with van der Waals surface area (Å²) >= 11 is 1.70. The molecule has 28 heavy (non-hydrogen) atoms. The number of aryl methyl sites for hydroxylation is 1. The summed E-state index contributed by atoms with van der Waals surface area (Å²) in [4.78, 5) is 16.9. The lowest BCUT2D eigenvalue weighted by Crippen LogP contribution is -2.48. The molecular weight excluding hydrogens is 372 g/mol. The minimum absolute atomic E-state index is 0.250. The molecule has 0 atom stereocenters. The zero-order chi connectivity index (χ0) is 19.3. The first kappa shape index (κ1) is 19.2. The van der Waals surface area contributed by atoms with Gasteiger partial charge >= 0.3 is 0 Å². The van der Waals surface area contributed by atoms with Gasteiger partial charge in [-0.2, -0.15) is 0 Å². The zero-order valence-electron chi connectivity index (χ0n) is 16.2. The Morgan fingerprint density at radius 2 is 1.82 bits per heavy atom. The maximum Gasteiger partial charge on any atom is 0.232 e. The number of hydrogen-bond acceptors (Lipinski definition) is 5. The number of carbonyl (C=O) groups is 1. The summed E-state index contributed by atoms with van der Waals surface area (Å²) in [6, 6.07) is 14.6. The summed E-state index contributed by atoms with van der Waals surface area (Å²) in [5, 5.41) is 0. The van der Waals surface area contributed by atoms with Crippen molar-refractivity contribution in [2.24, 2.45) is 0 Å². The number of thioether (sulfide) groups is 1. The maximum absolute atomic E-state index is 12.5. The van der Waals surface area contributed by atoms with Crippen LogP contribution in [0.2, 0.25) is 0 Å². The number of benzene rings is 2. The highest BCUT2D eigenvalue weighted by Gasteiger charge is 2.22. The lowest BCUT2D eigenvalue weighted by molar-refractivity contribution is -0.130. The Morgan fingerprint density at radius 1 is 1.00 bits per heavy atom. The van der Waals surface area contributed by atoms with Gasteiger partial charge < -0.3 is 14.4 Å². The van der Waals surface area contributed by atoms with Crippen LogP contribution in [0.25, 0.3) is 0 Å². The van der Waals surface area contributed by atoms with E-state index in [9.17, 15) is 4.79 Å². The SMILES string of the molecule is Cc1cccc(CSCC(=O)N2CCN(Cc3ccc4c(c3)OCO4)CC2)c1. The molecule has 0 unspecified atom stereocenters. The molecule has 0 bridgehead atoms. The third kappa shape index (κ3) is 4.80. The maximum atomic E-state index is 12.5. The zero-order valence-corrected chi connectivity index (χ0v) is 17.0. The molecule has 0 radical (unpaired) electrons. The first-order valence-electron chi connectivity index (χ1n) is 9.69. The van der Waals surface area contributed by atoms with Crippen LogP contribution in [0.15, 0.2) is 42.5 Å². The Hall–Kier alpha value is -2.18. The number of fused-ring (bicyclic) bond motifs is 1. The summed E-state index contributed by atoms with van der Waals surface area (Å²) in [5.41, 5.74) is 3.77. The highest BCUT2D eigenvalue weighted by molar-refractivity contribution is 7.99. The van der Waals surface area contributed by atoms with Crippen LogP contribution in [0.4, 0.5) is 0 Å². The molecule has 0 aliphatic carbocycles. The number of ether oxygens (including phenoxy) is 2. The summed E-state index contributed by atoms with van der Waals surface area (Å²) in [7, 11) is 0. The van der Waals surface area contributed by atoms with Crippen molar-refractivity contribution in [1.29, 1.82) is 0 Å². The number of hydrogen-bond donors (Lipinski definition) is 0. The molecule has 2 heterocycles. The molecule has 0 spiro atoms. The van der Waals surface area contributed by atoms with Crippen LogP contribution < -0.4 is 9.47 Å². The van der Waals surface area contributed by atoms with Crippen molar-refractivity contribution in [2.45, 2.75) is 19.2 Å². The van der Waals surface area contributed by atoms with Gasteiger partial charge in [0.05, 0.1) is 5.75 Å². The fraction of sp³-hybridized carbons (Fsp3) is 0.409. The topological polar surface area (TPSA) is 42.0 Å². The van der Waals surface area contributed by atoms with Crippen molar-refractivity contribution in [3.05, 3.63) is 59.2 Å². The van der Waals surface area contributed by atoms with Crippen molar-refractivity contribution in [1.82, 2.24) is 9.80 Å². The highest BCUT2D eigenvalue weighted by atomic mass is 32.2. The predicted molar refractivity (Wildman–Crippen MR) is 112 cm³/mol. The number of rotatable bonds is 6. The minimum atomic E-state index is 0.250. The highest BCUT2D eigenvalue weighted by Crippen LogP contribution is 2.32. The average molecular weight is 399 g/mol. The normalized spacial score (nSPS) is 16.4. The molecular formula is C22H26N2O3S. The Morgan fingerprint density at radius 3 is 2.64 bits per heavy atom.